The van der Waals surface area contributed by atoms with Gasteiger partial charge in [0.1, 0.15) is 23.6 Å². The van der Waals surface area contributed by atoms with Gasteiger partial charge >= 0.3 is 0 Å². The Morgan fingerprint density at radius 2 is 1.53 bits per heavy atom. The topological polar surface area (TPSA) is 286 Å². The molecule has 3 heterocycles. The van der Waals surface area contributed by atoms with Gasteiger partial charge in [0.2, 0.25) is 23.6 Å². The second-order valence-corrected chi connectivity index (χ2v) is 17.1. The maximum Gasteiger partial charge on any atom is 0.273 e. The number of ether oxygens (including phenoxy) is 3. The molecule has 68 heavy (non-hydrogen) atoms. The van der Waals surface area contributed by atoms with E-state index in [0.717, 1.165) is 24.2 Å². The standard InChI is InChI=1S/C47H57N9O12/c57-35(48-20-22-66-24-25-67-23-21-49-38(60)28-68-34-11-6-10-32-39(34)45(64)56(44(32)63)33-14-15-36(58)53-42(33)61)12-7-13-37(59)55-47(16-4-1-5-17-47)46(65)54-41-40(50-18-19-51-41)43(62)52-31-26-29-8-2-3-9-30(29)27-31/h2-3,6,8-11,18-19,31,33,37,55,59H,1,4-5,7,12-17,20-28H2,(H,48,57)(H,49,60)(H,52,62)(H,51,54,65)(H,53,58,61). The number of aliphatic hydroxyl groups is 1. The Morgan fingerprint density at radius 1 is 0.838 bits per heavy atom. The first-order valence-corrected chi connectivity index (χ1v) is 23.0. The third-order valence-electron chi connectivity index (χ3n) is 12.3. The number of piperidine rings is 1. The summed E-state index contributed by atoms with van der Waals surface area (Å²) in [6.45, 7) is 0.840. The minimum atomic E-state index is -1.13. The summed E-state index contributed by atoms with van der Waals surface area (Å²) in [5, 5.41) is 27.5. The molecule has 7 rings (SSSR count). The van der Waals surface area contributed by atoms with E-state index in [4.69, 9.17) is 14.2 Å². The molecule has 2 unspecified atom stereocenters. The van der Waals surface area contributed by atoms with Crippen LogP contribution in [0.25, 0.3) is 0 Å². The molecule has 3 aromatic rings. The first kappa shape index (κ1) is 49.2. The van der Waals surface area contributed by atoms with Crippen LogP contribution in [0.15, 0.2) is 54.9 Å². The minimum absolute atomic E-state index is 0.00988. The third-order valence-corrected chi connectivity index (χ3v) is 12.3. The number of aliphatic hydroxyl groups excluding tert-OH is 1. The molecule has 1 saturated heterocycles. The fraction of sp³-hybridized carbons (Fsp3) is 0.489. The number of rotatable bonds is 23. The fourth-order valence-corrected chi connectivity index (χ4v) is 8.91. The van der Waals surface area contributed by atoms with E-state index in [2.05, 4.69) is 41.9 Å². The number of carbonyl (C=O) groups is 8. The average Bonchev–Trinajstić information content (AvgIpc) is 3.85. The summed E-state index contributed by atoms with van der Waals surface area (Å²) >= 11 is 0. The van der Waals surface area contributed by atoms with Gasteiger partial charge < -0.3 is 40.6 Å². The Kier molecular flexibility index (Phi) is 16.9. The van der Waals surface area contributed by atoms with Crippen molar-refractivity contribution in [1.29, 1.82) is 0 Å². The van der Waals surface area contributed by atoms with Gasteiger partial charge in [-0.15, -0.1) is 0 Å². The number of benzene rings is 2. The number of hydrogen-bond donors (Lipinski definition) is 7. The normalized spacial score (nSPS) is 18.0. The molecule has 4 aliphatic rings. The van der Waals surface area contributed by atoms with Crippen LogP contribution in [-0.2, 0) is 46.3 Å². The molecular formula is C47H57N9O12. The van der Waals surface area contributed by atoms with Gasteiger partial charge in [0.25, 0.3) is 23.6 Å². The lowest BCUT2D eigenvalue weighted by Crippen LogP contribution is -2.59. The first-order chi connectivity index (χ1) is 32.9. The van der Waals surface area contributed by atoms with E-state index in [1.165, 1.54) is 41.7 Å². The molecule has 0 radical (unpaired) electrons. The Labute approximate surface area is 392 Å². The van der Waals surface area contributed by atoms with Crippen LogP contribution in [0, 0.1) is 0 Å². The average molecular weight is 940 g/mol. The molecule has 2 aromatic carbocycles. The van der Waals surface area contributed by atoms with Crippen molar-refractivity contribution >= 4 is 53.1 Å². The van der Waals surface area contributed by atoms with E-state index < -0.39 is 65.8 Å². The Morgan fingerprint density at radius 3 is 2.24 bits per heavy atom. The lowest BCUT2D eigenvalue weighted by Gasteiger charge is -2.38. The second-order valence-electron chi connectivity index (χ2n) is 17.1. The van der Waals surface area contributed by atoms with E-state index in [1.807, 2.05) is 24.3 Å². The largest absolute Gasteiger partial charge is 0.483 e. The summed E-state index contributed by atoms with van der Waals surface area (Å²) in [5.74, 6) is -4.13. The smallest absolute Gasteiger partial charge is 0.273 e. The highest BCUT2D eigenvalue weighted by Gasteiger charge is 2.46. The molecule has 2 aliphatic heterocycles. The number of nitrogens with one attached hydrogen (secondary N) is 6. The highest BCUT2D eigenvalue weighted by molar-refractivity contribution is 6.24. The van der Waals surface area contributed by atoms with E-state index in [1.54, 1.807) is 0 Å². The van der Waals surface area contributed by atoms with Crippen LogP contribution in [0.3, 0.4) is 0 Å². The van der Waals surface area contributed by atoms with Gasteiger partial charge in [-0.2, -0.15) is 0 Å². The number of hydrogen-bond acceptors (Lipinski definition) is 15. The molecule has 0 bridgehead atoms. The van der Waals surface area contributed by atoms with Crippen molar-refractivity contribution in [3.05, 3.63) is 82.8 Å². The maximum atomic E-state index is 13.9. The third kappa shape index (κ3) is 12.4. The number of amides is 8. The van der Waals surface area contributed by atoms with Gasteiger partial charge in [-0.25, -0.2) is 9.97 Å². The predicted octanol–water partition coefficient (Wildman–Crippen LogP) is 0.839. The number of fused-ring (bicyclic) bond motifs is 2. The van der Waals surface area contributed by atoms with Crippen LogP contribution in [0.2, 0.25) is 0 Å². The van der Waals surface area contributed by atoms with Crippen LogP contribution in [-0.4, -0.2) is 137 Å². The number of anilines is 1. The van der Waals surface area contributed by atoms with Crippen molar-refractivity contribution in [1.82, 2.24) is 41.5 Å². The van der Waals surface area contributed by atoms with Crippen LogP contribution in [0.1, 0.15) is 107 Å². The molecule has 8 amide bonds. The quantitative estimate of drug-likeness (QED) is 0.0394. The zero-order valence-corrected chi connectivity index (χ0v) is 37.6. The molecule has 1 aromatic heterocycles. The molecule has 362 valence electrons. The Balaban J connectivity index is 0.730. The van der Waals surface area contributed by atoms with Crippen LogP contribution < -0.4 is 36.6 Å². The van der Waals surface area contributed by atoms with Gasteiger partial charge in [-0.05, 0) is 68.2 Å². The first-order valence-electron chi connectivity index (χ1n) is 23.0. The van der Waals surface area contributed by atoms with Crippen molar-refractivity contribution in [2.45, 2.75) is 101 Å². The van der Waals surface area contributed by atoms with Gasteiger partial charge in [-0.1, -0.05) is 49.6 Å². The number of imide groups is 2. The molecule has 0 spiro atoms. The highest BCUT2D eigenvalue weighted by Crippen LogP contribution is 2.34. The van der Waals surface area contributed by atoms with Gasteiger partial charge in [0.05, 0.1) is 37.6 Å². The predicted molar refractivity (Wildman–Crippen MR) is 241 cm³/mol. The van der Waals surface area contributed by atoms with Crippen molar-refractivity contribution in [3.63, 3.8) is 0 Å². The lowest BCUT2D eigenvalue weighted by molar-refractivity contribution is -0.136. The van der Waals surface area contributed by atoms with E-state index in [0.29, 0.717) is 32.1 Å². The zero-order valence-electron chi connectivity index (χ0n) is 37.6. The zero-order chi connectivity index (χ0) is 48.0. The number of aromatic nitrogens is 2. The van der Waals surface area contributed by atoms with Crippen LogP contribution >= 0.6 is 0 Å². The summed E-state index contributed by atoms with van der Waals surface area (Å²) in [6, 6.07) is 11.2. The highest BCUT2D eigenvalue weighted by atomic mass is 16.5. The molecule has 2 fully saturated rings. The Bertz CT molecular complexity index is 2350. The number of carbonyl (C=O) groups excluding carboxylic acids is 8. The van der Waals surface area contributed by atoms with Gasteiger partial charge in [0, 0.05) is 44.4 Å². The lowest BCUT2D eigenvalue weighted by atomic mass is 9.80. The van der Waals surface area contributed by atoms with Crippen molar-refractivity contribution in [2.24, 2.45) is 0 Å². The van der Waals surface area contributed by atoms with Crippen LogP contribution in [0.4, 0.5) is 5.82 Å². The summed E-state index contributed by atoms with van der Waals surface area (Å²) in [4.78, 5) is 112. The van der Waals surface area contributed by atoms with Crippen molar-refractivity contribution in [2.75, 3.05) is 51.4 Å². The SMILES string of the molecule is O=C(CCCC(O)NC1(C(=O)Nc2nccnc2C(=O)NC2Cc3ccccc3C2)CCCCC1)NCCOCCOCCNC(=O)COc1cccc2c1C(=O)N(C1CCC(=O)NC1=O)C2=O. The van der Waals surface area contributed by atoms with Crippen LogP contribution in [0.5, 0.6) is 5.75 Å². The minimum Gasteiger partial charge on any atom is -0.483 e. The second kappa shape index (κ2) is 23.4. The molecule has 2 aliphatic carbocycles. The molecule has 7 N–H and O–H groups in total. The fourth-order valence-electron chi connectivity index (χ4n) is 8.91. The Hall–Kier alpha value is -6.68. The molecule has 21 heteroatoms. The molecule has 1 saturated carbocycles. The van der Waals surface area contributed by atoms with Crippen molar-refractivity contribution < 1.29 is 57.7 Å². The van der Waals surface area contributed by atoms with Crippen molar-refractivity contribution in [3.8, 4) is 5.75 Å². The number of nitrogens with zero attached hydrogens (tertiary/aromatic N) is 3. The summed E-state index contributed by atoms with van der Waals surface area (Å²) < 4.78 is 16.6. The van der Waals surface area contributed by atoms with Gasteiger partial charge in [-0.3, -0.25) is 53.9 Å². The van der Waals surface area contributed by atoms with E-state index in [9.17, 15) is 43.5 Å². The van der Waals surface area contributed by atoms with Gasteiger partial charge in [0.15, 0.2) is 18.1 Å². The summed E-state index contributed by atoms with van der Waals surface area (Å²) in [5.41, 5.74) is 1.27. The van der Waals surface area contributed by atoms with E-state index in [-0.39, 0.29) is 106 Å². The summed E-state index contributed by atoms with van der Waals surface area (Å²) in [6.07, 6.45) is 7.30. The summed E-state index contributed by atoms with van der Waals surface area (Å²) in [7, 11) is 0. The van der Waals surface area contributed by atoms with E-state index >= 15 is 0 Å². The molecular weight excluding hydrogens is 883 g/mol. The monoisotopic (exact) mass is 939 g/mol. The maximum absolute atomic E-state index is 13.9. The molecule has 21 nitrogen and oxygen atoms in total. The molecule has 2 atom stereocenters.